The van der Waals surface area contributed by atoms with Crippen LogP contribution in [0.15, 0.2) is 72.4 Å². The normalized spacial score (nSPS) is 11.8. The van der Waals surface area contributed by atoms with Crippen molar-refractivity contribution >= 4 is 17.0 Å². The van der Waals surface area contributed by atoms with Gasteiger partial charge >= 0.3 is 0 Å². The zero-order valence-corrected chi connectivity index (χ0v) is 11.6. The predicted molar refractivity (Wildman–Crippen MR) is 85.5 cm³/mol. The van der Waals surface area contributed by atoms with Crippen molar-refractivity contribution in [3.8, 4) is 0 Å². The summed E-state index contributed by atoms with van der Waals surface area (Å²) in [6, 6.07) is 20.9. The van der Waals surface area contributed by atoms with E-state index in [9.17, 15) is 0 Å². The molecule has 20 heavy (non-hydrogen) atoms. The van der Waals surface area contributed by atoms with E-state index in [1.807, 2.05) is 18.3 Å². The first-order valence-corrected chi connectivity index (χ1v) is 6.88. The second kappa shape index (κ2) is 5.70. The molecule has 1 heterocycles. The highest BCUT2D eigenvalue weighted by atomic mass is 14.6. The Bertz CT molecular complexity index is 737. The molecule has 1 nitrogen and oxygen atoms in total. The van der Waals surface area contributed by atoms with Crippen LogP contribution in [0.1, 0.15) is 18.1 Å². The molecule has 98 valence electrons. The molecule has 1 heteroatoms. The Balaban J connectivity index is 1.92. The van der Waals surface area contributed by atoms with Crippen molar-refractivity contribution in [1.29, 1.82) is 0 Å². The maximum Gasteiger partial charge on any atom is 0.0737 e. The van der Waals surface area contributed by atoms with E-state index in [1.54, 1.807) is 0 Å². The van der Waals surface area contributed by atoms with Gasteiger partial charge in [-0.2, -0.15) is 0 Å². The molecule has 0 saturated carbocycles. The van der Waals surface area contributed by atoms with Gasteiger partial charge in [0.05, 0.1) is 5.52 Å². The Morgan fingerprint density at radius 3 is 2.60 bits per heavy atom. The first-order valence-electron chi connectivity index (χ1n) is 6.88. The number of hydrogen-bond acceptors (Lipinski definition) is 1. The average molecular weight is 259 g/mol. The summed E-state index contributed by atoms with van der Waals surface area (Å²) in [7, 11) is 0. The maximum atomic E-state index is 4.51. The van der Waals surface area contributed by atoms with Crippen molar-refractivity contribution in [2.24, 2.45) is 0 Å². The number of nitrogens with zero attached hydrogens (tertiary/aromatic N) is 1. The summed E-state index contributed by atoms with van der Waals surface area (Å²) >= 11 is 0. The molecule has 0 fully saturated rings. The molecule has 0 aliphatic heterocycles. The van der Waals surface area contributed by atoms with Crippen molar-refractivity contribution < 1.29 is 0 Å². The van der Waals surface area contributed by atoms with E-state index >= 15 is 0 Å². The molecule has 0 bridgehead atoms. The molecule has 0 aliphatic rings. The average Bonchev–Trinajstić information content (AvgIpc) is 2.48. The van der Waals surface area contributed by atoms with E-state index in [2.05, 4.69) is 66.5 Å². The Kier molecular flexibility index (Phi) is 3.60. The lowest BCUT2D eigenvalue weighted by Crippen LogP contribution is -1.91. The summed E-state index contributed by atoms with van der Waals surface area (Å²) < 4.78 is 0. The van der Waals surface area contributed by atoms with Crippen LogP contribution >= 0.6 is 0 Å². The summed E-state index contributed by atoms with van der Waals surface area (Å²) in [5.41, 5.74) is 4.98. The van der Waals surface area contributed by atoms with Crippen LogP contribution in [0.5, 0.6) is 0 Å². The molecule has 0 atom stereocenters. The van der Waals surface area contributed by atoms with Gasteiger partial charge in [-0.1, -0.05) is 66.2 Å². The van der Waals surface area contributed by atoms with E-state index in [0.717, 1.165) is 11.9 Å². The van der Waals surface area contributed by atoms with E-state index in [1.165, 1.54) is 22.1 Å². The molecular formula is C19H17N. The molecular weight excluding hydrogens is 242 g/mol. The Hall–Kier alpha value is -2.41. The number of rotatable bonds is 3. The van der Waals surface area contributed by atoms with Crippen LogP contribution in [0, 0.1) is 0 Å². The smallest absolute Gasteiger partial charge is 0.0737 e. The van der Waals surface area contributed by atoms with Crippen molar-refractivity contribution in [2.75, 3.05) is 0 Å². The minimum absolute atomic E-state index is 0.934. The van der Waals surface area contributed by atoms with Crippen LogP contribution in [-0.2, 0) is 6.42 Å². The van der Waals surface area contributed by atoms with Crippen molar-refractivity contribution in [3.63, 3.8) is 0 Å². The summed E-state index contributed by atoms with van der Waals surface area (Å²) in [5, 5.41) is 1.21. The largest absolute Gasteiger partial charge is 0.256 e. The molecule has 0 radical (unpaired) electrons. The second-order valence-electron chi connectivity index (χ2n) is 5.07. The number of aromatic nitrogens is 1. The van der Waals surface area contributed by atoms with Gasteiger partial charge in [-0.15, -0.1) is 0 Å². The van der Waals surface area contributed by atoms with E-state index in [0.29, 0.717) is 0 Å². The summed E-state index contributed by atoms with van der Waals surface area (Å²) in [6.45, 7) is 2.18. The van der Waals surface area contributed by atoms with Gasteiger partial charge in [-0.3, -0.25) is 4.98 Å². The predicted octanol–water partition coefficient (Wildman–Crippen LogP) is 4.88. The molecule has 0 aliphatic carbocycles. The molecule has 0 N–H and O–H groups in total. The Morgan fingerprint density at radius 2 is 1.75 bits per heavy atom. The van der Waals surface area contributed by atoms with Gasteiger partial charge in [0.2, 0.25) is 0 Å². The van der Waals surface area contributed by atoms with Crippen LogP contribution in [0.25, 0.3) is 17.0 Å². The monoisotopic (exact) mass is 259 g/mol. The minimum Gasteiger partial charge on any atom is -0.256 e. The molecule has 0 spiro atoms. The molecule has 1 aromatic heterocycles. The van der Waals surface area contributed by atoms with E-state index < -0.39 is 0 Å². The molecule has 2 aromatic carbocycles. The highest BCUT2D eigenvalue weighted by Gasteiger charge is 2.02. The molecule has 3 rings (SSSR count). The first kappa shape index (κ1) is 12.6. The molecule has 3 aromatic rings. The van der Waals surface area contributed by atoms with Crippen molar-refractivity contribution in [2.45, 2.75) is 13.3 Å². The summed E-state index contributed by atoms with van der Waals surface area (Å²) in [6.07, 6.45) is 5.03. The summed E-state index contributed by atoms with van der Waals surface area (Å²) in [4.78, 5) is 4.51. The third kappa shape index (κ3) is 2.77. The van der Waals surface area contributed by atoms with Gasteiger partial charge in [0.15, 0.2) is 0 Å². The van der Waals surface area contributed by atoms with Crippen molar-refractivity contribution in [3.05, 3.63) is 83.6 Å². The number of benzene rings is 2. The van der Waals surface area contributed by atoms with Gasteiger partial charge < -0.3 is 0 Å². The fraction of sp³-hybridized carbons (Fsp3) is 0.105. The number of para-hydroxylation sites is 1. The zero-order valence-electron chi connectivity index (χ0n) is 11.6. The maximum absolute atomic E-state index is 4.51. The zero-order chi connectivity index (χ0) is 13.8. The van der Waals surface area contributed by atoms with E-state index in [4.69, 9.17) is 0 Å². The van der Waals surface area contributed by atoms with E-state index in [-0.39, 0.29) is 0 Å². The minimum atomic E-state index is 0.934. The lowest BCUT2D eigenvalue weighted by atomic mass is 10.0. The number of fused-ring (bicyclic) bond motifs is 1. The molecule has 0 amide bonds. The Morgan fingerprint density at radius 1 is 0.950 bits per heavy atom. The van der Waals surface area contributed by atoms with Gasteiger partial charge in [-0.25, -0.2) is 0 Å². The molecule has 0 saturated heterocycles. The number of allylic oxidation sites excluding steroid dienone is 1. The molecule has 0 unspecified atom stereocenters. The lowest BCUT2D eigenvalue weighted by molar-refractivity contribution is 1.16. The van der Waals surface area contributed by atoms with Gasteiger partial charge in [-0.05, 0) is 30.5 Å². The third-order valence-electron chi connectivity index (χ3n) is 3.40. The fourth-order valence-electron chi connectivity index (χ4n) is 2.50. The number of hydrogen-bond donors (Lipinski definition) is 0. The van der Waals surface area contributed by atoms with Crippen LogP contribution in [0.2, 0.25) is 0 Å². The van der Waals surface area contributed by atoms with Crippen LogP contribution < -0.4 is 0 Å². The standard InChI is InChI=1S/C19H17N/c1-15(13-16-7-3-2-4-8-16)14-18-10-5-9-17-11-6-12-20-19(17)18/h2-13H,14H2,1H3/b15-13+. The topological polar surface area (TPSA) is 12.9 Å². The number of pyridine rings is 1. The highest BCUT2D eigenvalue weighted by Crippen LogP contribution is 2.19. The van der Waals surface area contributed by atoms with Crippen LogP contribution in [0.3, 0.4) is 0 Å². The Labute approximate surface area is 119 Å². The highest BCUT2D eigenvalue weighted by molar-refractivity contribution is 5.82. The quantitative estimate of drug-likeness (QED) is 0.653. The van der Waals surface area contributed by atoms with Crippen molar-refractivity contribution in [1.82, 2.24) is 4.98 Å². The van der Waals surface area contributed by atoms with Gasteiger partial charge in [0, 0.05) is 11.6 Å². The first-order chi connectivity index (χ1) is 9.83. The van der Waals surface area contributed by atoms with Gasteiger partial charge in [0.25, 0.3) is 0 Å². The lowest BCUT2D eigenvalue weighted by Gasteiger charge is -2.06. The fourth-order valence-corrected chi connectivity index (χ4v) is 2.50. The second-order valence-corrected chi connectivity index (χ2v) is 5.07. The van der Waals surface area contributed by atoms with Gasteiger partial charge in [0.1, 0.15) is 0 Å². The van der Waals surface area contributed by atoms with Crippen LogP contribution in [-0.4, -0.2) is 4.98 Å². The SMILES string of the molecule is C/C(=C\c1ccccc1)Cc1cccc2cccnc12. The third-order valence-corrected chi connectivity index (χ3v) is 3.40. The summed E-state index contributed by atoms with van der Waals surface area (Å²) in [5.74, 6) is 0. The van der Waals surface area contributed by atoms with Crippen LogP contribution in [0.4, 0.5) is 0 Å².